The maximum atomic E-state index is 12.5. The molecule has 1 aromatic carbocycles. The van der Waals surface area contributed by atoms with Crippen molar-refractivity contribution in [1.29, 1.82) is 0 Å². The van der Waals surface area contributed by atoms with Crippen molar-refractivity contribution in [2.75, 3.05) is 31.5 Å². The average molecular weight is 366 g/mol. The van der Waals surface area contributed by atoms with Crippen LogP contribution in [0.4, 0.5) is 5.69 Å². The van der Waals surface area contributed by atoms with E-state index in [0.717, 1.165) is 49.4 Å². The molecule has 5 nitrogen and oxygen atoms in total. The first kappa shape index (κ1) is 19.7. The van der Waals surface area contributed by atoms with Gasteiger partial charge in [0.2, 0.25) is 11.8 Å². The van der Waals surface area contributed by atoms with Crippen LogP contribution in [0, 0.1) is 19.3 Å². The molecule has 0 aromatic heterocycles. The third-order valence-electron chi connectivity index (χ3n) is 5.17. The lowest BCUT2D eigenvalue weighted by atomic mass is 9.80. The molecule has 2 saturated heterocycles. The number of anilines is 1. The fraction of sp³-hybridized carbons (Fsp3) is 0.579. The monoisotopic (exact) mass is 365 g/mol. The first-order valence-electron chi connectivity index (χ1n) is 8.82. The summed E-state index contributed by atoms with van der Waals surface area (Å²) in [5, 5.41) is 6.29. The summed E-state index contributed by atoms with van der Waals surface area (Å²) in [6.07, 6.45) is 3.33. The average Bonchev–Trinajstić information content (AvgIpc) is 2.90. The molecule has 0 radical (unpaired) electrons. The van der Waals surface area contributed by atoms with Crippen molar-refractivity contribution in [2.45, 2.75) is 39.5 Å². The van der Waals surface area contributed by atoms with E-state index in [4.69, 9.17) is 0 Å². The molecular formula is C19H28ClN3O2. The molecule has 2 aliphatic heterocycles. The number of nitrogens with one attached hydrogen (secondary N) is 2. The summed E-state index contributed by atoms with van der Waals surface area (Å²) < 4.78 is 0. The molecule has 1 aromatic rings. The molecule has 2 N–H and O–H groups in total. The van der Waals surface area contributed by atoms with Gasteiger partial charge in [0, 0.05) is 30.7 Å². The largest absolute Gasteiger partial charge is 0.342 e. The molecule has 2 heterocycles. The molecular weight excluding hydrogens is 338 g/mol. The lowest BCUT2D eigenvalue weighted by Crippen LogP contribution is -2.43. The van der Waals surface area contributed by atoms with Gasteiger partial charge < -0.3 is 15.5 Å². The first-order chi connectivity index (χ1) is 11.5. The van der Waals surface area contributed by atoms with Gasteiger partial charge in [-0.2, -0.15) is 0 Å². The number of aryl methyl sites for hydroxylation is 2. The number of amides is 2. The fourth-order valence-electron chi connectivity index (χ4n) is 4.03. The van der Waals surface area contributed by atoms with Gasteiger partial charge in [0.05, 0.1) is 0 Å². The molecule has 3 rings (SSSR count). The summed E-state index contributed by atoms with van der Waals surface area (Å²) in [5.74, 6) is -0.285. The van der Waals surface area contributed by atoms with Crippen LogP contribution < -0.4 is 10.6 Å². The summed E-state index contributed by atoms with van der Waals surface area (Å²) in [7, 11) is 0. The Labute approximate surface area is 155 Å². The predicted octanol–water partition coefficient (Wildman–Crippen LogP) is 2.66. The van der Waals surface area contributed by atoms with Crippen molar-refractivity contribution >= 4 is 29.9 Å². The SMILES string of the molecule is Cc1cc(C)cc(NC(=O)CC(=O)N2CCC3(CCCNC3)C2)c1.Cl. The van der Waals surface area contributed by atoms with E-state index in [2.05, 4.69) is 16.7 Å². The van der Waals surface area contributed by atoms with E-state index in [1.165, 1.54) is 12.8 Å². The number of halogens is 1. The molecule has 0 bridgehead atoms. The highest BCUT2D eigenvalue weighted by Crippen LogP contribution is 2.36. The van der Waals surface area contributed by atoms with Gasteiger partial charge in [0.15, 0.2) is 0 Å². The number of carbonyl (C=O) groups is 2. The van der Waals surface area contributed by atoms with Crippen molar-refractivity contribution in [2.24, 2.45) is 5.41 Å². The van der Waals surface area contributed by atoms with E-state index in [1.807, 2.05) is 30.9 Å². The third kappa shape index (κ3) is 4.95. The van der Waals surface area contributed by atoms with E-state index in [0.29, 0.717) is 0 Å². The molecule has 6 heteroatoms. The van der Waals surface area contributed by atoms with Crippen molar-refractivity contribution in [3.8, 4) is 0 Å². The zero-order chi connectivity index (χ0) is 17.2. The Morgan fingerprint density at radius 1 is 1.20 bits per heavy atom. The van der Waals surface area contributed by atoms with Crippen LogP contribution in [0.15, 0.2) is 18.2 Å². The summed E-state index contributed by atoms with van der Waals surface area (Å²) in [6.45, 7) is 7.62. The van der Waals surface area contributed by atoms with E-state index >= 15 is 0 Å². The summed E-state index contributed by atoms with van der Waals surface area (Å²) in [6, 6.07) is 5.91. The molecule has 1 spiro atoms. The molecule has 138 valence electrons. The lowest BCUT2D eigenvalue weighted by Gasteiger charge is -2.33. The molecule has 0 saturated carbocycles. The predicted molar refractivity (Wildman–Crippen MR) is 102 cm³/mol. The first-order valence-corrected chi connectivity index (χ1v) is 8.82. The van der Waals surface area contributed by atoms with Gasteiger partial charge in [-0.25, -0.2) is 0 Å². The maximum absolute atomic E-state index is 12.5. The van der Waals surface area contributed by atoms with Crippen molar-refractivity contribution in [3.05, 3.63) is 29.3 Å². The van der Waals surface area contributed by atoms with Crippen LogP contribution in [-0.4, -0.2) is 42.9 Å². The Bertz CT molecular complexity index is 621. The maximum Gasteiger partial charge on any atom is 0.233 e. The number of piperidine rings is 1. The molecule has 2 aliphatic rings. The Morgan fingerprint density at radius 3 is 2.56 bits per heavy atom. The molecule has 25 heavy (non-hydrogen) atoms. The van der Waals surface area contributed by atoms with Gasteiger partial charge in [-0.3, -0.25) is 9.59 Å². The summed E-state index contributed by atoms with van der Waals surface area (Å²) in [5.41, 5.74) is 3.20. The highest BCUT2D eigenvalue weighted by Gasteiger charge is 2.40. The van der Waals surface area contributed by atoms with E-state index < -0.39 is 0 Å². The van der Waals surface area contributed by atoms with Gasteiger partial charge in [0.1, 0.15) is 6.42 Å². The fourth-order valence-corrected chi connectivity index (χ4v) is 4.03. The van der Waals surface area contributed by atoms with Crippen LogP contribution in [0.2, 0.25) is 0 Å². The minimum absolute atomic E-state index is 0. The topological polar surface area (TPSA) is 61.4 Å². The van der Waals surface area contributed by atoms with Gasteiger partial charge >= 0.3 is 0 Å². The Kier molecular flexibility index (Phi) is 6.47. The van der Waals surface area contributed by atoms with Gasteiger partial charge in [-0.15, -0.1) is 12.4 Å². The minimum Gasteiger partial charge on any atom is -0.342 e. The Morgan fingerprint density at radius 2 is 1.92 bits per heavy atom. The van der Waals surface area contributed by atoms with Gasteiger partial charge in [-0.05, 0) is 62.9 Å². The summed E-state index contributed by atoms with van der Waals surface area (Å²) in [4.78, 5) is 26.5. The number of hydrogen-bond acceptors (Lipinski definition) is 3. The zero-order valence-corrected chi connectivity index (χ0v) is 15.9. The third-order valence-corrected chi connectivity index (χ3v) is 5.17. The van der Waals surface area contributed by atoms with Crippen LogP contribution >= 0.6 is 12.4 Å². The Balaban J connectivity index is 0.00000225. The standard InChI is InChI=1S/C19H27N3O2.ClH/c1-14-8-15(2)10-16(9-14)21-17(23)11-18(24)22-7-5-19(13-22)4-3-6-20-12-19;/h8-10,20H,3-7,11-13H2,1-2H3,(H,21,23);1H. The second-order valence-corrected chi connectivity index (χ2v) is 7.45. The number of hydrogen-bond donors (Lipinski definition) is 2. The summed E-state index contributed by atoms with van der Waals surface area (Å²) >= 11 is 0. The highest BCUT2D eigenvalue weighted by atomic mass is 35.5. The van der Waals surface area contributed by atoms with E-state index in [-0.39, 0.29) is 36.1 Å². The number of rotatable bonds is 3. The molecule has 2 amide bonds. The van der Waals surface area contributed by atoms with Crippen LogP contribution in [0.3, 0.4) is 0 Å². The number of likely N-dealkylation sites (tertiary alicyclic amines) is 1. The second-order valence-electron chi connectivity index (χ2n) is 7.45. The smallest absolute Gasteiger partial charge is 0.233 e. The second kappa shape index (κ2) is 8.19. The van der Waals surface area contributed by atoms with Crippen molar-refractivity contribution in [1.82, 2.24) is 10.2 Å². The quantitative estimate of drug-likeness (QED) is 0.809. The highest BCUT2D eigenvalue weighted by molar-refractivity contribution is 6.03. The molecule has 1 atom stereocenters. The Hall–Kier alpha value is -1.59. The van der Waals surface area contributed by atoms with Crippen LogP contribution in [0.5, 0.6) is 0 Å². The zero-order valence-electron chi connectivity index (χ0n) is 15.1. The molecule has 0 aliphatic carbocycles. The number of carbonyl (C=O) groups excluding carboxylic acids is 2. The van der Waals surface area contributed by atoms with E-state index in [9.17, 15) is 9.59 Å². The number of nitrogens with zero attached hydrogens (tertiary/aromatic N) is 1. The van der Waals surface area contributed by atoms with Crippen LogP contribution in [0.1, 0.15) is 36.8 Å². The minimum atomic E-state index is -0.229. The normalized spacial score (nSPS) is 22.6. The molecule has 1 unspecified atom stereocenters. The van der Waals surface area contributed by atoms with Crippen molar-refractivity contribution in [3.63, 3.8) is 0 Å². The van der Waals surface area contributed by atoms with E-state index in [1.54, 1.807) is 0 Å². The molecule has 2 fully saturated rings. The van der Waals surface area contributed by atoms with Gasteiger partial charge in [0.25, 0.3) is 0 Å². The lowest BCUT2D eigenvalue weighted by molar-refractivity contribution is -0.134. The van der Waals surface area contributed by atoms with Crippen molar-refractivity contribution < 1.29 is 9.59 Å². The van der Waals surface area contributed by atoms with Crippen LogP contribution in [0.25, 0.3) is 0 Å². The van der Waals surface area contributed by atoms with Gasteiger partial charge in [-0.1, -0.05) is 6.07 Å². The number of benzene rings is 1. The van der Waals surface area contributed by atoms with Crippen LogP contribution in [-0.2, 0) is 9.59 Å².